The Labute approximate surface area is 124 Å². The van der Waals surface area contributed by atoms with E-state index in [9.17, 15) is 18.4 Å². The monoisotopic (exact) mass is 312 g/mol. The Morgan fingerprint density at radius 1 is 1.36 bits per heavy atom. The summed E-state index contributed by atoms with van der Waals surface area (Å²) in [5, 5.41) is 3.62. The third kappa shape index (κ3) is 2.30. The first-order valence-corrected chi connectivity index (χ1v) is 6.73. The number of nitrogens with zero attached hydrogens (tertiary/aromatic N) is 2. The van der Waals surface area contributed by atoms with E-state index >= 15 is 0 Å². The maximum atomic E-state index is 13.7. The summed E-state index contributed by atoms with van der Waals surface area (Å²) in [4.78, 5) is 23.5. The fraction of sp³-hybridized carbons (Fsp3) is 0.357. The second-order valence-electron chi connectivity index (χ2n) is 4.39. The molecule has 1 aliphatic heterocycles. The van der Waals surface area contributed by atoms with Crippen molar-refractivity contribution in [3.8, 4) is 0 Å². The molecule has 1 fully saturated rings. The summed E-state index contributed by atoms with van der Waals surface area (Å²) in [7, 11) is 0. The quantitative estimate of drug-likeness (QED) is 0.796. The van der Waals surface area contributed by atoms with Crippen molar-refractivity contribution in [2.24, 2.45) is 0 Å². The Kier molecular flexibility index (Phi) is 4.39. The van der Waals surface area contributed by atoms with Crippen molar-refractivity contribution in [1.29, 1.82) is 0 Å². The number of carbonyl (C=O) groups is 2. The van der Waals surface area contributed by atoms with Crippen LogP contribution < -0.4 is 4.90 Å². The van der Waals surface area contributed by atoms with Crippen molar-refractivity contribution in [2.45, 2.75) is 26.8 Å². The number of carbonyl (C=O) groups excluding carboxylic acids is 2. The molecule has 0 unspecified atom stereocenters. The molecule has 8 heteroatoms. The molecule has 0 spiro atoms. The van der Waals surface area contributed by atoms with Gasteiger partial charge in [0.2, 0.25) is 11.4 Å². The molecule has 1 aromatic heterocycles. The molecule has 2 aromatic rings. The molecule has 118 valence electrons. The number of benzene rings is 1. The highest BCUT2D eigenvalue weighted by Gasteiger charge is 2.35. The number of fused-ring (bicyclic) bond motifs is 1. The van der Waals surface area contributed by atoms with Crippen molar-refractivity contribution in [3.05, 3.63) is 23.3 Å². The van der Waals surface area contributed by atoms with Crippen LogP contribution in [0.2, 0.25) is 0 Å². The van der Waals surface area contributed by atoms with Gasteiger partial charge >= 0.3 is 6.09 Å². The summed E-state index contributed by atoms with van der Waals surface area (Å²) in [5.41, 5.74) is -0.922. The minimum absolute atomic E-state index is 0.00278. The van der Waals surface area contributed by atoms with Gasteiger partial charge in [-0.2, -0.15) is 4.39 Å². The summed E-state index contributed by atoms with van der Waals surface area (Å²) in [6.45, 7) is 5.85. The summed E-state index contributed by atoms with van der Waals surface area (Å²) < 4.78 is 36.8. The van der Waals surface area contributed by atoms with Gasteiger partial charge in [0.15, 0.2) is 17.9 Å². The predicted octanol–water partition coefficient (Wildman–Crippen LogP) is 3.29. The maximum Gasteiger partial charge on any atom is 0.416 e. The standard InChI is InChI=1S/C12H8F2N2O4.C2H6/c1-5-4-19-12(18)16(5)11-7-2-6(3-17)8(13)9(14)10(7)20-15-11;1-2/h2-3,5H,4H2,1H3;1-2H3/t5-;/m0./s1. The largest absolute Gasteiger partial charge is 0.447 e. The Morgan fingerprint density at radius 2 is 2.05 bits per heavy atom. The highest BCUT2D eigenvalue weighted by molar-refractivity contribution is 6.01. The van der Waals surface area contributed by atoms with Gasteiger partial charge in [0.05, 0.1) is 17.0 Å². The van der Waals surface area contributed by atoms with E-state index in [1.807, 2.05) is 13.8 Å². The zero-order valence-corrected chi connectivity index (χ0v) is 12.2. The fourth-order valence-corrected chi connectivity index (χ4v) is 2.09. The molecule has 1 atom stereocenters. The Morgan fingerprint density at radius 3 is 2.59 bits per heavy atom. The number of aldehydes is 1. The number of hydrogen-bond acceptors (Lipinski definition) is 5. The molecule has 2 heterocycles. The lowest BCUT2D eigenvalue weighted by Crippen LogP contribution is -2.31. The first kappa shape index (κ1) is 15.9. The lowest BCUT2D eigenvalue weighted by atomic mass is 10.1. The summed E-state index contributed by atoms with van der Waals surface area (Å²) in [6.07, 6.45) is -0.481. The van der Waals surface area contributed by atoms with Crippen LogP contribution in [0.1, 0.15) is 31.1 Å². The zero-order valence-electron chi connectivity index (χ0n) is 12.2. The number of amides is 1. The number of halogens is 2. The van der Waals surface area contributed by atoms with Crippen LogP contribution in [0.25, 0.3) is 11.0 Å². The molecule has 6 nitrogen and oxygen atoms in total. The van der Waals surface area contributed by atoms with Crippen molar-refractivity contribution in [1.82, 2.24) is 5.16 Å². The highest BCUT2D eigenvalue weighted by Crippen LogP contribution is 2.33. The lowest BCUT2D eigenvalue weighted by Gasteiger charge is -2.14. The van der Waals surface area contributed by atoms with Gasteiger partial charge in [-0.1, -0.05) is 19.0 Å². The second-order valence-corrected chi connectivity index (χ2v) is 4.39. The topological polar surface area (TPSA) is 72.6 Å². The first-order valence-electron chi connectivity index (χ1n) is 6.73. The lowest BCUT2D eigenvalue weighted by molar-refractivity contribution is 0.111. The molecule has 0 radical (unpaired) electrons. The molecule has 1 aliphatic rings. The minimum atomic E-state index is -1.32. The van der Waals surface area contributed by atoms with Crippen molar-refractivity contribution in [3.63, 3.8) is 0 Å². The van der Waals surface area contributed by atoms with E-state index in [4.69, 9.17) is 9.26 Å². The van der Waals surface area contributed by atoms with Crippen LogP contribution in [0, 0.1) is 11.6 Å². The van der Waals surface area contributed by atoms with Crippen molar-refractivity contribution >= 4 is 29.2 Å². The molecular formula is C14H14F2N2O4. The van der Waals surface area contributed by atoms with E-state index in [1.165, 1.54) is 0 Å². The SMILES string of the molecule is CC.C[C@H]1COC(=O)N1c1noc2c(F)c(F)c(C=O)cc12. The zero-order chi connectivity index (χ0) is 16.4. The van der Waals surface area contributed by atoms with Gasteiger partial charge in [-0.3, -0.25) is 9.69 Å². The first-order chi connectivity index (χ1) is 10.5. The highest BCUT2D eigenvalue weighted by atomic mass is 19.2. The molecule has 0 aliphatic carbocycles. The molecule has 1 amide bonds. The molecule has 0 bridgehead atoms. The van der Waals surface area contributed by atoms with E-state index in [0.717, 1.165) is 11.0 Å². The van der Waals surface area contributed by atoms with Crippen LogP contribution in [0.3, 0.4) is 0 Å². The van der Waals surface area contributed by atoms with Crippen LogP contribution in [0.5, 0.6) is 0 Å². The van der Waals surface area contributed by atoms with Crippen LogP contribution in [0.4, 0.5) is 19.4 Å². The summed E-state index contributed by atoms with van der Waals surface area (Å²) in [5.74, 6) is -2.63. The van der Waals surface area contributed by atoms with Gasteiger partial charge in [-0.05, 0) is 13.0 Å². The van der Waals surface area contributed by atoms with E-state index in [-0.39, 0.29) is 30.1 Å². The smallest absolute Gasteiger partial charge is 0.416 e. The molecule has 0 saturated carbocycles. The number of cyclic esters (lactones) is 1. The average Bonchev–Trinajstić information content (AvgIpc) is 3.08. The molecular weight excluding hydrogens is 298 g/mol. The molecule has 3 rings (SSSR count). The second kappa shape index (κ2) is 6.08. The van der Waals surface area contributed by atoms with E-state index in [0.29, 0.717) is 0 Å². The molecule has 1 saturated heterocycles. The van der Waals surface area contributed by atoms with Gasteiger partial charge in [0.25, 0.3) is 0 Å². The molecule has 22 heavy (non-hydrogen) atoms. The minimum Gasteiger partial charge on any atom is -0.447 e. The third-order valence-electron chi connectivity index (χ3n) is 3.09. The van der Waals surface area contributed by atoms with Gasteiger partial charge < -0.3 is 9.26 Å². The van der Waals surface area contributed by atoms with E-state index in [1.54, 1.807) is 6.92 Å². The fourth-order valence-electron chi connectivity index (χ4n) is 2.09. The van der Waals surface area contributed by atoms with Gasteiger partial charge in [0, 0.05) is 0 Å². The third-order valence-corrected chi connectivity index (χ3v) is 3.09. The Balaban J connectivity index is 0.000000847. The summed E-state index contributed by atoms with van der Waals surface area (Å²) in [6, 6.07) is 0.758. The number of aromatic nitrogens is 1. The van der Waals surface area contributed by atoms with Gasteiger partial charge in [-0.25, -0.2) is 9.18 Å². The van der Waals surface area contributed by atoms with Crippen LogP contribution in [-0.2, 0) is 4.74 Å². The maximum absolute atomic E-state index is 13.7. The van der Waals surface area contributed by atoms with Crippen LogP contribution in [0.15, 0.2) is 10.6 Å². The molecule has 0 N–H and O–H groups in total. The Bertz CT molecular complexity index is 729. The van der Waals surface area contributed by atoms with E-state index in [2.05, 4.69) is 5.16 Å². The number of ether oxygens (including phenoxy) is 1. The van der Waals surface area contributed by atoms with Crippen LogP contribution >= 0.6 is 0 Å². The van der Waals surface area contributed by atoms with Crippen molar-refractivity contribution < 1.29 is 27.6 Å². The number of anilines is 1. The summed E-state index contributed by atoms with van der Waals surface area (Å²) >= 11 is 0. The Hall–Kier alpha value is -2.51. The van der Waals surface area contributed by atoms with Gasteiger partial charge in [0.1, 0.15) is 6.61 Å². The van der Waals surface area contributed by atoms with E-state index < -0.39 is 28.9 Å². The normalized spacial score (nSPS) is 17.2. The van der Waals surface area contributed by atoms with Crippen molar-refractivity contribution in [2.75, 3.05) is 11.5 Å². The number of rotatable bonds is 2. The van der Waals surface area contributed by atoms with Gasteiger partial charge in [-0.15, -0.1) is 0 Å². The predicted molar refractivity (Wildman–Crippen MR) is 73.9 cm³/mol. The molecule has 1 aromatic carbocycles. The number of hydrogen-bond donors (Lipinski definition) is 0. The average molecular weight is 312 g/mol. The van der Waals surface area contributed by atoms with Crippen LogP contribution in [-0.4, -0.2) is 30.2 Å².